The van der Waals surface area contributed by atoms with Crippen LogP contribution in [0.4, 0.5) is 8.78 Å². The van der Waals surface area contributed by atoms with E-state index in [-0.39, 0.29) is 12.4 Å². The van der Waals surface area contributed by atoms with Crippen LogP contribution in [0.5, 0.6) is 5.75 Å². The number of amides is 1. The van der Waals surface area contributed by atoms with Gasteiger partial charge in [-0.05, 0) is 29.7 Å². The molecule has 3 nitrogen and oxygen atoms in total. The molecule has 6 heteroatoms. The second kappa shape index (κ2) is 5.73. The summed E-state index contributed by atoms with van der Waals surface area (Å²) in [6.07, 6.45) is 0. The van der Waals surface area contributed by atoms with E-state index in [1.807, 2.05) is 30.3 Å². The number of halogens is 2. The van der Waals surface area contributed by atoms with Gasteiger partial charge in [0.05, 0.1) is 0 Å². The van der Waals surface area contributed by atoms with Crippen molar-refractivity contribution < 1.29 is 18.3 Å². The third-order valence-electron chi connectivity index (χ3n) is 3.15. The molecule has 0 fully saturated rings. The van der Waals surface area contributed by atoms with Crippen LogP contribution in [-0.4, -0.2) is 5.91 Å². The first-order chi connectivity index (χ1) is 10.6. The maximum absolute atomic E-state index is 14.0. The van der Waals surface area contributed by atoms with Gasteiger partial charge in [0.15, 0.2) is 11.6 Å². The Morgan fingerprint density at radius 3 is 2.68 bits per heavy atom. The van der Waals surface area contributed by atoms with Gasteiger partial charge in [-0.15, -0.1) is 11.3 Å². The fraction of sp³-hybridized carbons (Fsp3) is 0.0625. The maximum atomic E-state index is 14.0. The summed E-state index contributed by atoms with van der Waals surface area (Å²) < 4.78 is 33.9. The molecular formula is C16H11F2NO2S. The number of benzene rings is 2. The molecule has 0 bridgehead atoms. The van der Waals surface area contributed by atoms with Gasteiger partial charge in [-0.1, -0.05) is 18.2 Å². The number of rotatable bonds is 4. The van der Waals surface area contributed by atoms with Gasteiger partial charge in [-0.25, -0.2) is 8.78 Å². The molecule has 3 rings (SSSR count). The molecule has 0 atom stereocenters. The summed E-state index contributed by atoms with van der Waals surface area (Å²) >= 11 is 1.52. The molecule has 112 valence electrons. The summed E-state index contributed by atoms with van der Waals surface area (Å²) in [5, 5.41) is 1.07. The Morgan fingerprint density at radius 2 is 1.95 bits per heavy atom. The number of hydrogen-bond acceptors (Lipinski definition) is 3. The quantitative estimate of drug-likeness (QED) is 0.794. The summed E-state index contributed by atoms with van der Waals surface area (Å²) in [5.74, 6) is -3.44. The molecule has 0 radical (unpaired) electrons. The van der Waals surface area contributed by atoms with Crippen LogP contribution in [0.3, 0.4) is 0 Å². The molecule has 22 heavy (non-hydrogen) atoms. The first kappa shape index (κ1) is 14.5. The van der Waals surface area contributed by atoms with Gasteiger partial charge in [-0.3, -0.25) is 4.79 Å². The summed E-state index contributed by atoms with van der Waals surface area (Å²) in [4.78, 5) is 12.0. The van der Waals surface area contributed by atoms with Crippen LogP contribution in [0, 0.1) is 11.6 Å². The molecule has 3 aromatic rings. The summed E-state index contributed by atoms with van der Waals surface area (Å²) in [7, 11) is 0. The second-order valence-corrected chi connectivity index (χ2v) is 5.81. The highest BCUT2D eigenvalue weighted by Crippen LogP contribution is 2.28. The van der Waals surface area contributed by atoms with E-state index in [4.69, 9.17) is 10.5 Å². The predicted molar refractivity (Wildman–Crippen MR) is 81.0 cm³/mol. The number of fused-ring (bicyclic) bond motifs is 1. The summed E-state index contributed by atoms with van der Waals surface area (Å²) in [6.45, 7) is 0.125. The Kier molecular flexibility index (Phi) is 3.77. The Hall–Kier alpha value is -2.47. The Labute approximate surface area is 128 Å². The number of thiophene rings is 1. The lowest BCUT2D eigenvalue weighted by Gasteiger charge is -2.08. The fourth-order valence-corrected chi connectivity index (χ4v) is 3.11. The summed E-state index contributed by atoms with van der Waals surface area (Å²) in [6, 6.07) is 11.9. The van der Waals surface area contributed by atoms with E-state index in [1.165, 1.54) is 11.3 Å². The van der Waals surface area contributed by atoms with Crippen molar-refractivity contribution in [1.29, 1.82) is 0 Å². The minimum Gasteiger partial charge on any atom is -0.485 e. The van der Waals surface area contributed by atoms with E-state index in [1.54, 1.807) is 0 Å². The molecule has 1 heterocycles. The third-order valence-corrected chi connectivity index (χ3v) is 4.24. The molecule has 0 aliphatic heterocycles. The Bertz CT molecular complexity index is 827. The van der Waals surface area contributed by atoms with Gasteiger partial charge in [-0.2, -0.15) is 0 Å². The van der Waals surface area contributed by atoms with Gasteiger partial charge < -0.3 is 10.5 Å². The lowest BCUT2D eigenvalue weighted by molar-refractivity contribution is 0.0991. The highest BCUT2D eigenvalue weighted by atomic mass is 32.1. The predicted octanol–water partition coefficient (Wildman–Crippen LogP) is 3.86. The van der Waals surface area contributed by atoms with Crippen molar-refractivity contribution in [1.82, 2.24) is 0 Å². The van der Waals surface area contributed by atoms with Gasteiger partial charge in [0.1, 0.15) is 18.0 Å². The average molecular weight is 319 g/mol. The molecule has 1 amide bonds. The lowest BCUT2D eigenvalue weighted by atomic mass is 10.1. The van der Waals surface area contributed by atoms with Crippen molar-refractivity contribution in [3.05, 3.63) is 64.5 Å². The number of ether oxygens (including phenoxy) is 1. The van der Waals surface area contributed by atoms with Crippen molar-refractivity contribution in [3.8, 4) is 5.75 Å². The summed E-state index contributed by atoms with van der Waals surface area (Å²) in [5.41, 5.74) is 4.19. The van der Waals surface area contributed by atoms with Crippen LogP contribution < -0.4 is 10.5 Å². The van der Waals surface area contributed by atoms with E-state index >= 15 is 0 Å². The minimum atomic E-state index is -1.16. The molecule has 1 aromatic heterocycles. The average Bonchev–Trinajstić information content (AvgIpc) is 2.89. The van der Waals surface area contributed by atoms with Crippen molar-refractivity contribution in [2.75, 3.05) is 0 Å². The smallest absolute Gasteiger partial charge is 0.254 e. The molecular weight excluding hydrogens is 308 g/mol. The number of primary amides is 1. The van der Waals surface area contributed by atoms with Gasteiger partial charge in [0.2, 0.25) is 0 Å². The second-order valence-electron chi connectivity index (χ2n) is 4.64. The van der Waals surface area contributed by atoms with Crippen LogP contribution in [0.1, 0.15) is 15.2 Å². The topological polar surface area (TPSA) is 52.3 Å². The number of hydrogen-bond donors (Lipinski definition) is 1. The van der Waals surface area contributed by atoms with E-state index in [9.17, 15) is 13.6 Å². The normalized spacial score (nSPS) is 10.8. The standard InChI is InChI=1S/C16H11F2NO2S/c17-11-5-6-12(15(18)14(11)16(19)20)21-8-10-7-9-3-1-2-4-13(9)22-10/h1-7H,8H2,(H2,19,20). The van der Waals surface area contributed by atoms with Crippen LogP contribution in [-0.2, 0) is 6.61 Å². The van der Waals surface area contributed by atoms with Gasteiger partial charge in [0, 0.05) is 9.58 Å². The number of carbonyl (C=O) groups is 1. The fourth-order valence-electron chi connectivity index (χ4n) is 2.13. The first-order valence-electron chi connectivity index (χ1n) is 6.44. The van der Waals surface area contributed by atoms with E-state index in [0.717, 1.165) is 27.1 Å². The van der Waals surface area contributed by atoms with Crippen LogP contribution in [0.15, 0.2) is 42.5 Å². The largest absolute Gasteiger partial charge is 0.485 e. The molecule has 2 aromatic carbocycles. The van der Waals surface area contributed by atoms with Crippen molar-refractivity contribution in [2.24, 2.45) is 5.73 Å². The third kappa shape index (κ3) is 2.65. The van der Waals surface area contributed by atoms with Crippen LogP contribution >= 0.6 is 11.3 Å². The number of carbonyl (C=O) groups excluding carboxylic acids is 1. The Balaban J connectivity index is 1.84. The lowest BCUT2D eigenvalue weighted by Crippen LogP contribution is -2.16. The molecule has 2 N–H and O–H groups in total. The zero-order valence-electron chi connectivity index (χ0n) is 11.3. The first-order valence-corrected chi connectivity index (χ1v) is 7.26. The molecule has 0 aliphatic carbocycles. The van der Waals surface area contributed by atoms with Crippen molar-refractivity contribution in [2.45, 2.75) is 6.61 Å². The number of nitrogens with two attached hydrogens (primary N) is 1. The Morgan fingerprint density at radius 1 is 1.18 bits per heavy atom. The SMILES string of the molecule is NC(=O)c1c(F)ccc(OCc2cc3ccccc3s2)c1F. The van der Waals surface area contributed by atoms with Crippen molar-refractivity contribution >= 4 is 27.3 Å². The highest BCUT2D eigenvalue weighted by molar-refractivity contribution is 7.19. The molecule has 0 aliphatic rings. The molecule has 0 unspecified atom stereocenters. The maximum Gasteiger partial charge on any atom is 0.254 e. The van der Waals surface area contributed by atoms with E-state index < -0.39 is 23.1 Å². The van der Waals surface area contributed by atoms with Crippen LogP contribution in [0.2, 0.25) is 0 Å². The highest BCUT2D eigenvalue weighted by Gasteiger charge is 2.19. The monoisotopic (exact) mass is 319 g/mol. The molecule has 0 spiro atoms. The van der Waals surface area contributed by atoms with E-state index in [2.05, 4.69) is 0 Å². The van der Waals surface area contributed by atoms with Crippen molar-refractivity contribution in [3.63, 3.8) is 0 Å². The minimum absolute atomic E-state index is 0.125. The zero-order chi connectivity index (χ0) is 15.7. The van der Waals surface area contributed by atoms with Gasteiger partial charge in [0.25, 0.3) is 5.91 Å². The molecule has 0 saturated carbocycles. The van der Waals surface area contributed by atoms with Gasteiger partial charge >= 0.3 is 0 Å². The van der Waals surface area contributed by atoms with E-state index in [0.29, 0.717) is 0 Å². The van der Waals surface area contributed by atoms with Crippen LogP contribution in [0.25, 0.3) is 10.1 Å². The molecule has 0 saturated heterocycles. The zero-order valence-corrected chi connectivity index (χ0v) is 12.1.